The smallest absolute Gasteiger partial charge is 0.410 e. The molecule has 1 amide bonds. The summed E-state index contributed by atoms with van der Waals surface area (Å²) in [4.78, 5) is 16.6. The molecule has 1 fully saturated rings. The number of anilines is 2. The molecule has 0 aliphatic carbocycles. The van der Waals surface area contributed by atoms with Gasteiger partial charge in [-0.05, 0) is 39.0 Å². The fourth-order valence-electron chi connectivity index (χ4n) is 3.84. The number of para-hydroxylation sites is 1. The number of carbonyl (C=O) groups is 1. The van der Waals surface area contributed by atoms with Crippen molar-refractivity contribution in [3.05, 3.63) is 30.3 Å². The summed E-state index contributed by atoms with van der Waals surface area (Å²) in [7, 11) is 1.59. The highest BCUT2D eigenvalue weighted by Gasteiger charge is 2.36. The Labute approximate surface area is 182 Å². The minimum atomic E-state index is -0.506. The molecule has 1 aromatic carbocycles. The van der Waals surface area contributed by atoms with Crippen LogP contribution in [0.5, 0.6) is 5.75 Å². The molecule has 0 radical (unpaired) electrons. The number of benzene rings is 1. The van der Waals surface area contributed by atoms with E-state index in [-0.39, 0.29) is 18.9 Å². The number of methoxy groups -OCH3 is 1. The van der Waals surface area contributed by atoms with Crippen LogP contribution in [0.25, 0.3) is 11.3 Å². The van der Waals surface area contributed by atoms with E-state index in [1.807, 2.05) is 51.1 Å². The van der Waals surface area contributed by atoms with Gasteiger partial charge in [-0.3, -0.25) is 0 Å². The number of fused-ring (bicyclic) bond motifs is 3. The first-order valence-corrected chi connectivity index (χ1v) is 10.4. The van der Waals surface area contributed by atoms with Gasteiger partial charge in [0, 0.05) is 38.9 Å². The first-order chi connectivity index (χ1) is 14.9. The number of rotatable bonds is 4. The number of nitrogens with zero attached hydrogens (tertiary/aromatic N) is 4. The standard InChI is InChI=1S/C22H29N5O4/c1-22(2,3)31-21(28)26-9-10-27-15(13-26)12-23-20-18(27)11-17(24-25-20)16-7-5-6-8-19(16)30-14-29-4/h5-8,11,15H,9-10,12-14H2,1-4H3,(H,23,25). The summed E-state index contributed by atoms with van der Waals surface area (Å²) >= 11 is 0. The Morgan fingerprint density at radius 3 is 2.81 bits per heavy atom. The Morgan fingerprint density at radius 2 is 2.03 bits per heavy atom. The Balaban J connectivity index is 1.56. The van der Waals surface area contributed by atoms with E-state index in [4.69, 9.17) is 14.2 Å². The second kappa shape index (κ2) is 8.58. The molecule has 0 saturated carbocycles. The third kappa shape index (κ3) is 4.66. The van der Waals surface area contributed by atoms with E-state index in [1.165, 1.54) is 0 Å². The van der Waals surface area contributed by atoms with Crippen LogP contribution in [-0.4, -0.2) is 72.9 Å². The van der Waals surface area contributed by atoms with Crippen LogP contribution in [-0.2, 0) is 9.47 Å². The second-order valence-electron chi connectivity index (χ2n) is 8.66. The van der Waals surface area contributed by atoms with Crippen molar-refractivity contribution in [1.29, 1.82) is 0 Å². The van der Waals surface area contributed by atoms with Crippen LogP contribution in [0.3, 0.4) is 0 Å². The number of hydrogen-bond acceptors (Lipinski definition) is 8. The van der Waals surface area contributed by atoms with Crippen molar-refractivity contribution in [2.24, 2.45) is 0 Å². The van der Waals surface area contributed by atoms with E-state index >= 15 is 0 Å². The molecule has 0 bridgehead atoms. The van der Waals surface area contributed by atoms with Crippen molar-refractivity contribution in [3.8, 4) is 17.0 Å². The summed E-state index contributed by atoms with van der Waals surface area (Å²) in [5.41, 5.74) is 2.05. The quantitative estimate of drug-likeness (QED) is 0.745. The van der Waals surface area contributed by atoms with Gasteiger partial charge in [0.05, 0.1) is 17.4 Å². The minimum absolute atomic E-state index is 0.130. The Bertz CT molecular complexity index is 946. The van der Waals surface area contributed by atoms with Gasteiger partial charge in [0.15, 0.2) is 12.6 Å². The molecule has 2 aliphatic rings. The van der Waals surface area contributed by atoms with Crippen molar-refractivity contribution in [2.75, 3.05) is 50.3 Å². The molecular formula is C22H29N5O4. The third-order valence-corrected chi connectivity index (χ3v) is 5.22. The largest absolute Gasteiger partial charge is 0.467 e. The molecule has 9 heteroatoms. The zero-order chi connectivity index (χ0) is 22.0. The average molecular weight is 428 g/mol. The first kappa shape index (κ1) is 21.2. The van der Waals surface area contributed by atoms with Gasteiger partial charge in [-0.2, -0.15) is 0 Å². The van der Waals surface area contributed by atoms with Crippen molar-refractivity contribution in [3.63, 3.8) is 0 Å². The van der Waals surface area contributed by atoms with Gasteiger partial charge in [-0.1, -0.05) is 12.1 Å². The lowest BCUT2D eigenvalue weighted by atomic mass is 10.1. The summed E-state index contributed by atoms with van der Waals surface area (Å²) < 4.78 is 16.3. The maximum absolute atomic E-state index is 12.5. The number of nitrogens with one attached hydrogen (secondary N) is 1. The molecule has 4 rings (SSSR count). The third-order valence-electron chi connectivity index (χ3n) is 5.22. The van der Waals surface area contributed by atoms with Gasteiger partial charge < -0.3 is 29.3 Å². The van der Waals surface area contributed by atoms with Gasteiger partial charge in [0.2, 0.25) is 0 Å². The molecule has 2 aromatic rings. The van der Waals surface area contributed by atoms with E-state index in [9.17, 15) is 4.79 Å². The minimum Gasteiger partial charge on any atom is -0.467 e. The van der Waals surface area contributed by atoms with E-state index in [0.717, 1.165) is 22.8 Å². The predicted molar refractivity (Wildman–Crippen MR) is 117 cm³/mol. The van der Waals surface area contributed by atoms with E-state index in [2.05, 4.69) is 20.4 Å². The Morgan fingerprint density at radius 1 is 1.23 bits per heavy atom. The summed E-state index contributed by atoms with van der Waals surface area (Å²) in [6.07, 6.45) is -0.268. The maximum Gasteiger partial charge on any atom is 0.410 e. The summed E-state index contributed by atoms with van der Waals surface area (Å²) in [5, 5.41) is 12.2. The number of carbonyl (C=O) groups excluding carboxylic acids is 1. The Kier molecular flexibility index (Phi) is 5.86. The van der Waals surface area contributed by atoms with Gasteiger partial charge in [-0.25, -0.2) is 4.79 Å². The highest BCUT2D eigenvalue weighted by atomic mass is 16.7. The summed E-state index contributed by atoms with van der Waals surface area (Å²) in [6.45, 7) is 8.38. The van der Waals surface area contributed by atoms with Gasteiger partial charge in [-0.15, -0.1) is 10.2 Å². The normalized spacial score (nSPS) is 18.0. The van der Waals surface area contributed by atoms with Crippen LogP contribution in [0.1, 0.15) is 20.8 Å². The molecule has 1 saturated heterocycles. The van der Waals surface area contributed by atoms with Crippen molar-refractivity contribution >= 4 is 17.6 Å². The molecule has 1 N–H and O–H groups in total. The highest BCUT2D eigenvalue weighted by molar-refractivity contribution is 5.77. The van der Waals surface area contributed by atoms with Crippen LogP contribution in [0.15, 0.2) is 30.3 Å². The zero-order valence-corrected chi connectivity index (χ0v) is 18.4. The molecule has 3 heterocycles. The van der Waals surface area contributed by atoms with Crippen molar-refractivity contribution < 1.29 is 19.0 Å². The van der Waals surface area contributed by atoms with Crippen LogP contribution < -0.4 is 15.0 Å². The van der Waals surface area contributed by atoms with Gasteiger partial charge in [0.25, 0.3) is 0 Å². The zero-order valence-electron chi connectivity index (χ0n) is 18.4. The number of ether oxygens (including phenoxy) is 3. The maximum atomic E-state index is 12.5. The van der Waals surface area contributed by atoms with Crippen molar-refractivity contribution in [2.45, 2.75) is 32.4 Å². The molecule has 1 atom stereocenters. The monoisotopic (exact) mass is 427 g/mol. The number of amides is 1. The topological polar surface area (TPSA) is 89.1 Å². The van der Waals surface area contributed by atoms with Crippen LogP contribution in [0.2, 0.25) is 0 Å². The Hall–Kier alpha value is -3.07. The molecule has 1 aromatic heterocycles. The highest BCUT2D eigenvalue weighted by Crippen LogP contribution is 2.36. The lowest BCUT2D eigenvalue weighted by molar-refractivity contribution is 0.0216. The van der Waals surface area contributed by atoms with E-state index in [1.54, 1.807) is 12.0 Å². The summed E-state index contributed by atoms with van der Waals surface area (Å²) in [6, 6.07) is 9.85. The lowest BCUT2D eigenvalue weighted by Gasteiger charge is -2.45. The summed E-state index contributed by atoms with van der Waals surface area (Å²) in [5.74, 6) is 1.44. The van der Waals surface area contributed by atoms with Crippen LogP contribution >= 0.6 is 0 Å². The molecule has 166 valence electrons. The SMILES string of the molecule is COCOc1ccccc1-c1cc2c(nn1)NCC1CN(C(=O)OC(C)(C)C)CCN21. The molecule has 9 nitrogen and oxygen atoms in total. The molecule has 1 unspecified atom stereocenters. The molecule has 31 heavy (non-hydrogen) atoms. The van der Waals surface area contributed by atoms with E-state index in [0.29, 0.717) is 31.9 Å². The second-order valence-corrected chi connectivity index (χ2v) is 8.66. The first-order valence-electron chi connectivity index (χ1n) is 10.4. The number of hydrogen-bond donors (Lipinski definition) is 1. The molecular weight excluding hydrogens is 398 g/mol. The van der Waals surface area contributed by atoms with E-state index < -0.39 is 5.60 Å². The fourth-order valence-corrected chi connectivity index (χ4v) is 3.84. The predicted octanol–water partition coefficient (Wildman–Crippen LogP) is 2.98. The lowest BCUT2D eigenvalue weighted by Crippen LogP contribution is -2.59. The fraction of sp³-hybridized carbons (Fsp3) is 0.500. The van der Waals surface area contributed by atoms with Gasteiger partial charge in [0.1, 0.15) is 11.4 Å². The van der Waals surface area contributed by atoms with Crippen LogP contribution in [0.4, 0.5) is 16.3 Å². The van der Waals surface area contributed by atoms with Crippen molar-refractivity contribution in [1.82, 2.24) is 15.1 Å². The number of piperazine rings is 1. The van der Waals surface area contributed by atoms with Crippen LogP contribution in [0, 0.1) is 0 Å². The molecule has 0 spiro atoms. The van der Waals surface area contributed by atoms with Gasteiger partial charge >= 0.3 is 6.09 Å². The average Bonchev–Trinajstić information content (AvgIpc) is 2.76. The number of aromatic nitrogens is 2. The molecule has 2 aliphatic heterocycles.